The molecule has 1 aromatic heterocycles. The zero-order chi connectivity index (χ0) is 13.5. The van der Waals surface area contributed by atoms with Crippen LogP contribution in [-0.4, -0.2) is 34.9 Å². The fraction of sp³-hybridized carbons (Fsp3) is 0.538. The Bertz CT molecular complexity index is 375. The topological polar surface area (TPSA) is 71.2 Å². The lowest BCUT2D eigenvalue weighted by Gasteiger charge is -2.20. The molecular weight excluding hydrogens is 228 g/mol. The number of nitrogen functional groups attached to an aromatic ring is 1. The zero-order valence-electron chi connectivity index (χ0n) is 11.3. The average Bonchev–Trinajstić information content (AvgIpc) is 2.30. The molecule has 0 aromatic carbocycles. The van der Waals surface area contributed by atoms with Crippen LogP contribution in [0.15, 0.2) is 18.3 Å². The van der Waals surface area contributed by atoms with Crippen LogP contribution < -0.4 is 11.1 Å². The quantitative estimate of drug-likeness (QED) is 0.790. The number of likely N-dealkylation sites (N-methyl/N-ethyl adjacent to an activating group) is 1. The zero-order valence-corrected chi connectivity index (χ0v) is 11.3. The summed E-state index contributed by atoms with van der Waals surface area (Å²) < 4.78 is 0. The second kappa shape index (κ2) is 6.96. The first kappa shape index (κ1) is 14.4. The molecule has 0 spiro atoms. The molecule has 0 saturated heterocycles. The molecule has 0 aliphatic heterocycles. The molecule has 1 rings (SSSR count). The third-order valence-electron chi connectivity index (χ3n) is 2.52. The van der Waals surface area contributed by atoms with Gasteiger partial charge < -0.3 is 11.1 Å². The summed E-state index contributed by atoms with van der Waals surface area (Å²) in [7, 11) is 0. The van der Waals surface area contributed by atoms with E-state index in [9.17, 15) is 4.79 Å². The molecule has 0 aliphatic carbocycles. The Morgan fingerprint density at radius 1 is 1.50 bits per heavy atom. The number of nitrogens with one attached hydrogen (secondary N) is 1. The van der Waals surface area contributed by atoms with Crippen LogP contribution in [0.25, 0.3) is 0 Å². The Labute approximate surface area is 108 Å². The Hall–Kier alpha value is -1.62. The first-order chi connectivity index (χ1) is 8.51. The van der Waals surface area contributed by atoms with Gasteiger partial charge in [0.25, 0.3) is 0 Å². The molecule has 1 aromatic rings. The van der Waals surface area contributed by atoms with Crippen LogP contribution in [0.5, 0.6) is 0 Å². The summed E-state index contributed by atoms with van der Waals surface area (Å²) >= 11 is 0. The van der Waals surface area contributed by atoms with Gasteiger partial charge in [0.2, 0.25) is 5.91 Å². The normalized spacial score (nSPS) is 10.9. The van der Waals surface area contributed by atoms with E-state index in [1.54, 1.807) is 12.3 Å². The number of nitrogens with two attached hydrogens (primary N) is 1. The van der Waals surface area contributed by atoms with Gasteiger partial charge in [-0.3, -0.25) is 9.69 Å². The van der Waals surface area contributed by atoms with Gasteiger partial charge in [-0.25, -0.2) is 4.98 Å². The average molecular weight is 250 g/mol. The monoisotopic (exact) mass is 250 g/mol. The fourth-order valence-corrected chi connectivity index (χ4v) is 1.64. The molecule has 1 amide bonds. The standard InChI is InChI=1S/C13H22N4O/c1-4-17(9-13(18)16-10(2)3)8-11-5-6-12(14)15-7-11/h5-7,10H,4,8-9H2,1-3H3,(H2,14,15)(H,16,18). The van der Waals surface area contributed by atoms with Gasteiger partial charge >= 0.3 is 0 Å². The largest absolute Gasteiger partial charge is 0.384 e. The van der Waals surface area contributed by atoms with E-state index in [4.69, 9.17) is 5.73 Å². The summed E-state index contributed by atoms with van der Waals surface area (Å²) in [6.45, 7) is 7.87. The summed E-state index contributed by atoms with van der Waals surface area (Å²) in [6, 6.07) is 3.89. The number of hydrogen-bond donors (Lipinski definition) is 2. The van der Waals surface area contributed by atoms with Crippen LogP contribution in [0.1, 0.15) is 26.3 Å². The van der Waals surface area contributed by atoms with Gasteiger partial charge in [0.05, 0.1) is 6.54 Å². The lowest BCUT2D eigenvalue weighted by atomic mass is 10.2. The van der Waals surface area contributed by atoms with Gasteiger partial charge in [0.15, 0.2) is 0 Å². The number of carbonyl (C=O) groups excluding carboxylic acids is 1. The van der Waals surface area contributed by atoms with Crippen LogP contribution in [0.4, 0.5) is 5.82 Å². The molecule has 5 heteroatoms. The minimum absolute atomic E-state index is 0.0512. The number of anilines is 1. The summed E-state index contributed by atoms with van der Waals surface area (Å²) in [5.41, 5.74) is 6.60. The smallest absolute Gasteiger partial charge is 0.234 e. The van der Waals surface area contributed by atoms with Crippen LogP contribution >= 0.6 is 0 Å². The van der Waals surface area contributed by atoms with Crippen molar-refractivity contribution in [2.45, 2.75) is 33.4 Å². The van der Waals surface area contributed by atoms with Crippen molar-refractivity contribution >= 4 is 11.7 Å². The predicted octanol–water partition coefficient (Wildman–Crippen LogP) is 1.01. The summed E-state index contributed by atoms with van der Waals surface area (Å²) in [5, 5.41) is 2.89. The van der Waals surface area contributed by atoms with E-state index in [0.29, 0.717) is 18.9 Å². The highest BCUT2D eigenvalue weighted by molar-refractivity contribution is 5.78. The Kier molecular flexibility index (Phi) is 5.58. The van der Waals surface area contributed by atoms with Crippen molar-refractivity contribution < 1.29 is 4.79 Å². The predicted molar refractivity (Wildman–Crippen MR) is 72.9 cm³/mol. The molecule has 0 fully saturated rings. The fourth-order valence-electron chi connectivity index (χ4n) is 1.64. The lowest BCUT2D eigenvalue weighted by molar-refractivity contribution is -0.122. The number of carbonyl (C=O) groups is 1. The number of nitrogens with zero attached hydrogens (tertiary/aromatic N) is 2. The number of pyridine rings is 1. The Balaban J connectivity index is 2.51. The third-order valence-corrected chi connectivity index (χ3v) is 2.52. The maximum absolute atomic E-state index is 11.7. The van der Waals surface area contributed by atoms with Gasteiger partial charge in [-0.15, -0.1) is 0 Å². The maximum Gasteiger partial charge on any atom is 0.234 e. The van der Waals surface area contributed by atoms with E-state index in [1.165, 1.54) is 0 Å². The van der Waals surface area contributed by atoms with E-state index in [-0.39, 0.29) is 11.9 Å². The number of rotatable bonds is 6. The van der Waals surface area contributed by atoms with Crippen LogP contribution in [0.2, 0.25) is 0 Å². The Morgan fingerprint density at radius 2 is 2.22 bits per heavy atom. The molecule has 1 heterocycles. The molecule has 0 aliphatic rings. The second-order valence-electron chi connectivity index (χ2n) is 4.62. The summed E-state index contributed by atoms with van der Waals surface area (Å²) in [6.07, 6.45) is 1.75. The molecule has 3 N–H and O–H groups in total. The highest BCUT2D eigenvalue weighted by atomic mass is 16.2. The van der Waals surface area contributed by atoms with Gasteiger partial charge in [-0.1, -0.05) is 13.0 Å². The summed E-state index contributed by atoms with van der Waals surface area (Å²) in [5.74, 6) is 0.564. The third kappa shape index (κ3) is 5.14. The molecule has 5 nitrogen and oxygen atoms in total. The first-order valence-electron chi connectivity index (χ1n) is 6.23. The molecule has 0 saturated carbocycles. The van der Waals surface area contributed by atoms with Gasteiger partial charge in [-0.05, 0) is 32.0 Å². The van der Waals surface area contributed by atoms with Gasteiger partial charge in [0, 0.05) is 18.8 Å². The Morgan fingerprint density at radius 3 is 2.72 bits per heavy atom. The first-order valence-corrected chi connectivity index (χ1v) is 6.23. The molecule has 0 radical (unpaired) electrons. The summed E-state index contributed by atoms with van der Waals surface area (Å²) in [4.78, 5) is 17.8. The molecule has 0 bridgehead atoms. The minimum atomic E-state index is 0.0512. The minimum Gasteiger partial charge on any atom is -0.384 e. The van der Waals surface area contributed by atoms with Crippen LogP contribution in [0, 0.1) is 0 Å². The van der Waals surface area contributed by atoms with Crippen molar-refractivity contribution in [1.82, 2.24) is 15.2 Å². The van der Waals surface area contributed by atoms with Gasteiger partial charge in [-0.2, -0.15) is 0 Å². The van der Waals surface area contributed by atoms with Crippen LogP contribution in [0.3, 0.4) is 0 Å². The van der Waals surface area contributed by atoms with Gasteiger partial charge in [0.1, 0.15) is 5.82 Å². The molecule has 0 atom stereocenters. The number of amides is 1. The number of hydrogen-bond acceptors (Lipinski definition) is 4. The van der Waals surface area contributed by atoms with Crippen molar-refractivity contribution in [3.63, 3.8) is 0 Å². The van der Waals surface area contributed by atoms with E-state index in [1.807, 2.05) is 26.8 Å². The lowest BCUT2D eigenvalue weighted by Crippen LogP contribution is -2.39. The van der Waals surface area contributed by atoms with Crippen molar-refractivity contribution in [2.75, 3.05) is 18.8 Å². The molecule has 100 valence electrons. The van der Waals surface area contributed by atoms with Crippen molar-refractivity contribution in [3.05, 3.63) is 23.9 Å². The van der Waals surface area contributed by atoms with Crippen molar-refractivity contribution in [1.29, 1.82) is 0 Å². The molecule has 18 heavy (non-hydrogen) atoms. The molecule has 0 unspecified atom stereocenters. The number of aromatic nitrogens is 1. The second-order valence-corrected chi connectivity index (χ2v) is 4.62. The highest BCUT2D eigenvalue weighted by Crippen LogP contribution is 2.05. The van der Waals surface area contributed by atoms with Crippen molar-refractivity contribution in [2.24, 2.45) is 0 Å². The van der Waals surface area contributed by atoms with E-state index in [0.717, 1.165) is 12.1 Å². The molecular formula is C13H22N4O. The van der Waals surface area contributed by atoms with Crippen molar-refractivity contribution in [3.8, 4) is 0 Å². The SMILES string of the molecule is CCN(CC(=O)NC(C)C)Cc1ccc(N)nc1. The maximum atomic E-state index is 11.7. The van der Waals surface area contributed by atoms with E-state index >= 15 is 0 Å². The van der Waals surface area contributed by atoms with E-state index in [2.05, 4.69) is 15.2 Å². The van der Waals surface area contributed by atoms with E-state index < -0.39 is 0 Å². The van der Waals surface area contributed by atoms with Crippen LogP contribution in [-0.2, 0) is 11.3 Å². The highest BCUT2D eigenvalue weighted by Gasteiger charge is 2.10.